The summed E-state index contributed by atoms with van der Waals surface area (Å²) in [5.41, 5.74) is 0.742. The van der Waals surface area contributed by atoms with E-state index in [1.165, 1.54) is 19.1 Å². The lowest BCUT2D eigenvalue weighted by molar-refractivity contribution is -0.123. The van der Waals surface area contributed by atoms with Crippen LogP contribution >= 0.6 is 0 Å². The molecule has 6 nitrogen and oxygen atoms in total. The van der Waals surface area contributed by atoms with Crippen molar-refractivity contribution >= 4 is 17.6 Å². The molecule has 0 bridgehead atoms. The summed E-state index contributed by atoms with van der Waals surface area (Å²) in [6, 6.07) is 16.5. The smallest absolute Gasteiger partial charge is 0.375 e. The zero-order valence-corrected chi connectivity index (χ0v) is 16.0. The standard InChI is InChI=1S/C22H20FNO5/c1-14-8-9-16(12-19(14)23)24-21(25)15(2)28-22(26)20-11-10-18(29-20)13-27-17-6-4-3-5-7-17/h3-12,15H,13H2,1-2H3,(H,24,25)/t15-/m0/s1. The number of halogens is 1. The number of benzene rings is 2. The van der Waals surface area contributed by atoms with E-state index in [9.17, 15) is 14.0 Å². The average molecular weight is 397 g/mol. The van der Waals surface area contributed by atoms with Crippen molar-refractivity contribution in [2.24, 2.45) is 0 Å². The number of carbonyl (C=O) groups is 2. The summed E-state index contributed by atoms with van der Waals surface area (Å²) in [5.74, 6) is -0.737. The van der Waals surface area contributed by atoms with Crippen molar-refractivity contribution in [1.82, 2.24) is 0 Å². The van der Waals surface area contributed by atoms with E-state index in [1.807, 2.05) is 18.2 Å². The Morgan fingerprint density at radius 1 is 1.10 bits per heavy atom. The summed E-state index contributed by atoms with van der Waals surface area (Å²) in [7, 11) is 0. The van der Waals surface area contributed by atoms with E-state index in [0.717, 1.165) is 0 Å². The monoisotopic (exact) mass is 397 g/mol. The van der Waals surface area contributed by atoms with Crippen molar-refractivity contribution < 1.29 is 27.9 Å². The zero-order chi connectivity index (χ0) is 20.8. The molecule has 0 aliphatic carbocycles. The molecule has 29 heavy (non-hydrogen) atoms. The number of amides is 1. The molecule has 0 spiro atoms. The van der Waals surface area contributed by atoms with Gasteiger partial charge >= 0.3 is 5.97 Å². The second kappa shape index (κ2) is 9.05. The lowest BCUT2D eigenvalue weighted by atomic mass is 10.2. The molecular weight excluding hydrogens is 377 g/mol. The number of esters is 1. The van der Waals surface area contributed by atoms with Crippen molar-refractivity contribution in [3.8, 4) is 5.75 Å². The highest BCUT2D eigenvalue weighted by Gasteiger charge is 2.21. The van der Waals surface area contributed by atoms with Crippen molar-refractivity contribution in [2.45, 2.75) is 26.6 Å². The van der Waals surface area contributed by atoms with Crippen LogP contribution in [0.2, 0.25) is 0 Å². The Labute approximate surface area is 167 Å². The highest BCUT2D eigenvalue weighted by molar-refractivity contribution is 5.96. The normalized spacial score (nSPS) is 11.6. The van der Waals surface area contributed by atoms with Crippen LogP contribution in [0.3, 0.4) is 0 Å². The summed E-state index contributed by atoms with van der Waals surface area (Å²) in [6.45, 7) is 3.18. The summed E-state index contributed by atoms with van der Waals surface area (Å²) in [5, 5.41) is 2.50. The lowest BCUT2D eigenvalue weighted by Gasteiger charge is -2.13. The third-order valence-corrected chi connectivity index (χ3v) is 4.08. The van der Waals surface area contributed by atoms with E-state index in [1.54, 1.807) is 37.3 Å². The molecular formula is C22H20FNO5. The van der Waals surface area contributed by atoms with Gasteiger partial charge in [-0.15, -0.1) is 0 Å². The van der Waals surface area contributed by atoms with Gasteiger partial charge in [0.25, 0.3) is 5.91 Å². The second-order valence-corrected chi connectivity index (χ2v) is 6.37. The molecule has 0 unspecified atom stereocenters. The quantitative estimate of drug-likeness (QED) is 0.595. The molecule has 0 radical (unpaired) electrons. The van der Waals surface area contributed by atoms with Gasteiger partial charge in [-0.3, -0.25) is 4.79 Å². The molecule has 1 N–H and O–H groups in total. The number of rotatable bonds is 7. The van der Waals surface area contributed by atoms with Gasteiger partial charge in [0.05, 0.1) is 0 Å². The Bertz CT molecular complexity index is 999. The summed E-state index contributed by atoms with van der Waals surface area (Å²) in [6.07, 6.45) is -1.10. The minimum atomic E-state index is -1.10. The first-order valence-corrected chi connectivity index (χ1v) is 8.97. The van der Waals surface area contributed by atoms with Crippen LogP contribution in [0.25, 0.3) is 0 Å². The summed E-state index contributed by atoms with van der Waals surface area (Å²) >= 11 is 0. The number of anilines is 1. The maximum Gasteiger partial charge on any atom is 0.375 e. The number of hydrogen-bond donors (Lipinski definition) is 1. The molecule has 1 amide bonds. The molecule has 0 saturated heterocycles. The van der Waals surface area contributed by atoms with Crippen LogP contribution in [0.15, 0.2) is 65.1 Å². The van der Waals surface area contributed by atoms with Gasteiger partial charge in [-0.25, -0.2) is 9.18 Å². The first kappa shape index (κ1) is 20.1. The highest BCUT2D eigenvalue weighted by Crippen LogP contribution is 2.16. The fraction of sp³-hybridized carbons (Fsp3) is 0.182. The largest absolute Gasteiger partial charge is 0.486 e. The minimum Gasteiger partial charge on any atom is -0.486 e. The topological polar surface area (TPSA) is 77.8 Å². The molecule has 3 aromatic rings. The Hall–Kier alpha value is -3.61. The molecule has 1 aromatic heterocycles. The van der Waals surface area contributed by atoms with Crippen molar-refractivity contribution in [3.63, 3.8) is 0 Å². The first-order valence-electron chi connectivity index (χ1n) is 8.97. The molecule has 0 aliphatic rings. The number of aryl methyl sites for hydroxylation is 1. The van der Waals surface area contributed by atoms with Gasteiger partial charge in [0.15, 0.2) is 6.10 Å². The van der Waals surface area contributed by atoms with Crippen LogP contribution in [-0.2, 0) is 16.1 Å². The van der Waals surface area contributed by atoms with Crippen LogP contribution in [0, 0.1) is 12.7 Å². The predicted octanol–water partition coefficient (Wildman–Crippen LogP) is 4.49. The van der Waals surface area contributed by atoms with Crippen molar-refractivity contribution in [2.75, 3.05) is 5.32 Å². The molecule has 2 aromatic carbocycles. The fourth-order valence-electron chi connectivity index (χ4n) is 2.42. The maximum atomic E-state index is 13.6. The second-order valence-electron chi connectivity index (χ2n) is 6.37. The van der Waals surface area contributed by atoms with Gasteiger partial charge in [0, 0.05) is 5.69 Å². The predicted molar refractivity (Wildman–Crippen MR) is 104 cm³/mol. The van der Waals surface area contributed by atoms with Crippen molar-refractivity contribution in [1.29, 1.82) is 0 Å². The zero-order valence-electron chi connectivity index (χ0n) is 16.0. The van der Waals surface area contributed by atoms with E-state index in [4.69, 9.17) is 13.9 Å². The Balaban J connectivity index is 1.53. The average Bonchev–Trinajstić information content (AvgIpc) is 3.19. The Kier molecular flexibility index (Phi) is 6.29. The minimum absolute atomic E-state index is 0.0438. The molecule has 7 heteroatoms. The third-order valence-electron chi connectivity index (χ3n) is 4.08. The number of furan rings is 1. The third kappa shape index (κ3) is 5.44. The molecule has 0 saturated carbocycles. The van der Waals surface area contributed by atoms with E-state index in [2.05, 4.69) is 5.32 Å². The van der Waals surface area contributed by atoms with Gasteiger partial charge in [-0.2, -0.15) is 0 Å². The van der Waals surface area contributed by atoms with Crippen LogP contribution < -0.4 is 10.1 Å². The Morgan fingerprint density at radius 2 is 1.86 bits per heavy atom. The highest BCUT2D eigenvalue weighted by atomic mass is 19.1. The number of nitrogens with one attached hydrogen (secondary N) is 1. The number of para-hydroxylation sites is 1. The van der Waals surface area contributed by atoms with Crippen LogP contribution in [-0.4, -0.2) is 18.0 Å². The summed E-state index contributed by atoms with van der Waals surface area (Å²) in [4.78, 5) is 24.4. The van der Waals surface area contributed by atoms with E-state index in [0.29, 0.717) is 17.1 Å². The van der Waals surface area contributed by atoms with Gasteiger partial charge in [0.1, 0.15) is 23.9 Å². The molecule has 0 aliphatic heterocycles. The SMILES string of the molecule is Cc1ccc(NC(=O)[C@H](C)OC(=O)c2ccc(COc3ccccc3)o2)cc1F. The van der Waals surface area contributed by atoms with E-state index in [-0.39, 0.29) is 18.1 Å². The lowest BCUT2D eigenvalue weighted by Crippen LogP contribution is -2.29. The van der Waals surface area contributed by atoms with Crippen LogP contribution in [0.4, 0.5) is 10.1 Å². The maximum absolute atomic E-state index is 13.6. The van der Waals surface area contributed by atoms with Crippen LogP contribution in [0.1, 0.15) is 28.8 Å². The Morgan fingerprint density at radius 3 is 2.59 bits per heavy atom. The molecule has 150 valence electrons. The van der Waals surface area contributed by atoms with Crippen molar-refractivity contribution in [3.05, 3.63) is 83.6 Å². The first-order chi connectivity index (χ1) is 13.9. The molecule has 3 rings (SSSR count). The van der Waals surface area contributed by atoms with Crippen LogP contribution in [0.5, 0.6) is 5.75 Å². The number of ether oxygens (including phenoxy) is 2. The fourth-order valence-corrected chi connectivity index (χ4v) is 2.42. The van der Waals surface area contributed by atoms with E-state index < -0.39 is 23.8 Å². The van der Waals surface area contributed by atoms with E-state index >= 15 is 0 Å². The van der Waals surface area contributed by atoms with Gasteiger partial charge in [-0.1, -0.05) is 24.3 Å². The molecule has 1 atom stereocenters. The molecule has 0 fully saturated rings. The number of carbonyl (C=O) groups excluding carboxylic acids is 2. The van der Waals surface area contributed by atoms with Gasteiger partial charge in [0.2, 0.25) is 5.76 Å². The molecule has 1 heterocycles. The summed E-state index contributed by atoms with van der Waals surface area (Å²) < 4.78 is 29.7. The number of hydrogen-bond acceptors (Lipinski definition) is 5. The van der Waals surface area contributed by atoms with Gasteiger partial charge < -0.3 is 19.2 Å². The van der Waals surface area contributed by atoms with Gasteiger partial charge in [-0.05, 0) is 55.8 Å².